The van der Waals surface area contributed by atoms with Crippen molar-refractivity contribution < 1.29 is 4.74 Å². The van der Waals surface area contributed by atoms with Gasteiger partial charge in [-0.1, -0.05) is 12.1 Å². The van der Waals surface area contributed by atoms with Crippen LogP contribution in [0.4, 0.5) is 17.2 Å². The number of para-hydroxylation sites is 1. The molecule has 2 aromatic rings. The topological polar surface area (TPSA) is 73.1 Å². The van der Waals surface area contributed by atoms with Crippen molar-refractivity contribution in [2.75, 3.05) is 17.7 Å². The highest BCUT2D eigenvalue weighted by Crippen LogP contribution is 2.30. The molecule has 6 heteroatoms. The Morgan fingerprint density at radius 2 is 2.11 bits per heavy atom. The number of nitrogens with zero attached hydrogens (tertiary/aromatic N) is 2. The second kappa shape index (κ2) is 5.68. The van der Waals surface area contributed by atoms with Gasteiger partial charge in [-0.15, -0.1) is 0 Å². The SMILES string of the molecule is CCOc1ncnc(Nc2ccccc2Br)c1N. The quantitative estimate of drug-likeness (QED) is 0.908. The number of ether oxygens (including phenoxy) is 1. The van der Waals surface area contributed by atoms with Crippen LogP contribution in [-0.2, 0) is 0 Å². The van der Waals surface area contributed by atoms with Crippen molar-refractivity contribution in [2.24, 2.45) is 0 Å². The number of benzene rings is 1. The van der Waals surface area contributed by atoms with Crippen LogP contribution in [0.25, 0.3) is 0 Å². The van der Waals surface area contributed by atoms with Gasteiger partial charge in [0.1, 0.15) is 12.0 Å². The summed E-state index contributed by atoms with van der Waals surface area (Å²) in [5.74, 6) is 0.919. The fourth-order valence-corrected chi connectivity index (χ4v) is 1.80. The number of nitrogens with one attached hydrogen (secondary N) is 1. The van der Waals surface area contributed by atoms with Crippen molar-refractivity contribution in [1.29, 1.82) is 0 Å². The molecular weight excluding hydrogens is 296 g/mol. The number of nitrogens with two attached hydrogens (primary N) is 1. The fraction of sp³-hybridized carbons (Fsp3) is 0.167. The van der Waals surface area contributed by atoms with E-state index in [-0.39, 0.29) is 0 Å². The van der Waals surface area contributed by atoms with Crippen LogP contribution in [0.3, 0.4) is 0 Å². The van der Waals surface area contributed by atoms with E-state index in [1.54, 1.807) is 0 Å². The molecule has 1 aromatic heterocycles. The zero-order chi connectivity index (χ0) is 13.0. The van der Waals surface area contributed by atoms with Gasteiger partial charge in [0.25, 0.3) is 0 Å². The maximum atomic E-state index is 5.94. The summed E-state index contributed by atoms with van der Waals surface area (Å²) in [5, 5.41) is 3.14. The van der Waals surface area contributed by atoms with Crippen LogP contribution in [0.15, 0.2) is 35.1 Å². The summed E-state index contributed by atoms with van der Waals surface area (Å²) >= 11 is 3.45. The standard InChI is InChI=1S/C12H13BrN4O/c1-2-18-12-10(14)11(15-7-16-12)17-9-6-4-3-5-8(9)13/h3-7H,2,14H2,1H3,(H,15,16,17). The van der Waals surface area contributed by atoms with Crippen molar-refractivity contribution in [3.8, 4) is 5.88 Å². The smallest absolute Gasteiger partial charge is 0.242 e. The molecule has 0 saturated carbocycles. The lowest BCUT2D eigenvalue weighted by Gasteiger charge is -2.11. The van der Waals surface area contributed by atoms with E-state index < -0.39 is 0 Å². The average molecular weight is 309 g/mol. The third-order valence-electron chi connectivity index (χ3n) is 2.26. The van der Waals surface area contributed by atoms with Gasteiger partial charge in [0, 0.05) is 4.47 Å². The van der Waals surface area contributed by atoms with Gasteiger partial charge in [0.2, 0.25) is 5.88 Å². The normalized spacial score (nSPS) is 10.1. The molecule has 0 fully saturated rings. The number of hydrogen-bond donors (Lipinski definition) is 2. The van der Waals surface area contributed by atoms with Gasteiger partial charge in [0.05, 0.1) is 12.3 Å². The summed E-state index contributed by atoms with van der Waals surface area (Å²) in [6, 6.07) is 7.72. The van der Waals surface area contributed by atoms with E-state index >= 15 is 0 Å². The summed E-state index contributed by atoms with van der Waals surface area (Å²) in [5.41, 5.74) is 7.22. The molecule has 0 atom stereocenters. The zero-order valence-electron chi connectivity index (χ0n) is 9.85. The summed E-state index contributed by atoms with van der Waals surface area (Å²) in [6.45, 7) is 2.39. The Hall–Kier alpha value is -1.82. The van der Waals surface area contributed by atoms with Gasteiger partial charge >= 0.3 is 0 Å². The Labute approximate surface area is 114 Å². The molecule has 0 aliphatic heterocycles. The molecule has 0 unspecified atom stereocenters. The first kappa shape index (κ1) is 12.6. The molecule has 0 spiro atoms. The second-order valence-corrected chi connectivity index (χ2v) is 4.33. The maximum Gasteiger partial charge on any atom is 0.242 e. The van der Waals surface area contributed by atoms with Crippen LogP contribution in [0.2, 0.25) is 0 Å². The largest absolute Gasteiger partial charge is 0.476 e. The number of halogens is 1. The Balaban J connectivity index is 2.30. The van der Waals surface area contributed by atoms with Gasteiger partial charge in [-0.2, -0.15) is 4.98 Å². The van der Waals surface area contributed by atoms with Crippen molar-refractivity contribution in [3.05, 3.63) is 35.1 Å². The first-order valence-electron chi connectivity index (χ1n) is 5.47. The lowest BCUT2D eigenvalue weighted by atomic mass is 10.3. The minimum absolute atomic E-state index is 0.391. The maximum absolute atomic E-state index is 5.94. The predicted molar refractivity (Wildman–Crippen MR) is 75.0 cm³/mol. The molecule has 0 amide bonds. The molecule has 0 aliphatic carbocycles. The molecule has 3 N–H and O–H groups in total. The van der Waals surface area contributed by atoms with Gasteiger partial charge < -0.3 is 15.8 Å². The van der Waals surface area contributed by atoms with Crippen LogP contribution in [-0.4, -0.2) is 16.6 Å². The zero-order valence-corrected chi connectivity index (χ0v) is 11.4. The van der Waals surface area contributed by atoms with Crippen LogP contribution >= 0.6 is 15.9 Å². The molecule has 1 heterocycles. The predicted octanol–water partition coefficient (Wildman–Crippen LogP) is 2.96. The lowest BCUT2D eigenvalue weighted by molar-refractivity contribution is 0.328. The summed E-state index contributed by atoms with van der Waals surface area (Å²) in [6.07, 6.45) is 1.42. The molecule has 5 nitrogen and oxygen atoms in total. The van der Waals surface area contributed by atoms with Gasteiger partial charge in [-0.3, -0.25) is 0 Å². The Kier molecular flexibility index (Phi) is 3.99. The Bertz CT molecular complexity index is 547. The number of rotatable bonds is 4. The Morgan fingerprint density at radius 3 is 2.83 bits per heavy atom. The summed E-state index contributed by atoms with van der Waals surface area (Å²) in [4.78, 5) is 8.09. The number of anilines is 3. The van der Waals surface area contributed by atoms with Crippen LogP contribution in [0.5, 0.6) is 5.88 Å². The summed E-state index contributed by atoms with van der Waals surface area (Å²) < 4.78 is 6.25. The highest BCUT2D eigenvalue weighted by molar-refractivity contribution is 9.10. The molecule has 0 aliphatic rings. The molecule has 0 saturated heterocycles. The third kappa shape index (κ3) is 2.70. The molecule has 2 rings (SSSR count). The highest BCUT2D eigenvalue weighted by atomic mass is 79.9. The van der Waals surface area contributed by atoms with Gasteiger partial charge in [0.15, 0.2) is 5.82 Å². The Morgan fingerprint density at radius 1 is 1.33 bits per heavy atom. The lowest BCUT2D eigenvalue weighted by Crippen LogP contribution is -2.05. The first-order valence-corrected chi connectivity index (χ1v) is 6.26. The highest BCUT2D eigenvalue weighted by Gasteiger charge is 2.09. The molecule has 18 heavy (non-hydrogen) atoms. The van der Waals surface area contributed by atoms with E-state index in [2.05, 4.69) is 31.2 Å². The molecule has 94 valence electrons. The van der Waals surface area contributed by atoms with Crippen LogP contribution in [0, 0.1) is 0 Å². The van der Waals surface area contributed by atoms with Crippen molar-refractivity contribution >= 4 is 33.1 Å². The van der Waals surface area contributed by atoms with Gasteiger partial charge in [-0.25, -0.2) is 4.98 Å². The second-order valence-electron chi connectivity index (χ2n) is 3.48. The molecule has 0 radical (unpaired) electrons. The van der Waals surface area contributed by atoms with Crippen LogP contribution in [0.1, 0.15) is 6.92 Å². The minimum Gasteiger partial charge on any atom is -0.476 e. The first-order chi connectivity index (χ1) is 8.72. The fourth-order valence-electron chi connectivity index (χ4n) is 1.42. The van der Waals surface area contributed by atoms with Crippen LogP contribution < -0.4 is 15.8 Å². The average Bonchev–Trinajstić information content (AvgIpc) is 2.37. The van der Waals surface area contributed by atoms with Gasteiger partial charge in [-0.05, 0) is 35.0 Å². The number of aromatic nitrogens is 2. The van der Waals surface area contributed by atoms with Crippen molar-refractivity contribution in [2.45, 2.75) is 6.92 Å². The number of nitrogen functional groups attached to an aromatic ring is 1. The van der Waals surface area contributed by atoms with Crippen molar-refractivity contribution in [1.82, 2.24) is 9.97 Å². The van der Waals surface area contributed by atoms with E-state index in [9.17, 15) is 0 Å². The minimum atomic E-state index is 0.391. The molecule has 1 aromatic carbocycles. The van der Waals surface area contributed by atoms with E-state index in [1.807, 2.05) is 31.2 Å². The molecular formula is C12H13BrN4O. The van der Waals surface area contributed by atoms with Crippen molar-refractivity contribution in [3.63, 3.8) is 0 Å². The summed E-state index contributed by atoms with van der Waals surface area (Å²) in [7, 11) is 0. The van der Waals surface area contributed by atoms with E-state index in [0.29, 0.717) is 24.0 Å². The van der Waals surface area contributed by atoms with E-state index in [4.69, 9.17) is 10.5 Å². The third-order valence-corrected chi connectivity index (χ3v) is 2.95. The van der Waals surface area contributed by atoms with E-state index in [0.717, 1.165) is 10.2 Å². The molecule has 0 bridgehead atoms. The van der Waals surface area contributed by atoms with E-state index in [1.165, 1.54) is 6.33 Å². The monoisotopic (exact) mass is 308 g/mol. The number of hydrogen-bond acceptors (Lipinski definition) is 5.